The van der Waals surface area contributed by atoms with E-state index in [1.54, 1.807) is 45.9 Å². The van der Waals surface area contributed by atoms with Gasteiger partial charge in [-0.15, -0.1) is 0 Å². The molecule has 0 aliphatic rings. The molecule has 18 heavy (non-hydrogen) atoms. The summed E-state index contributed by atoms with van der Waals surface area (Å²) in [6.45, 7) is 6.83. The van der Waals surface area contributed by atoms with E-state index in [1.165, 1.54) is 6.07 Å². The van der Waals surface area contributed by atoms with Gasteiger partial charge in [-0.05, 0) is 18.6 Å². The van der Waals surface area contributed by atoms with E-state index in [0.29, 0.717) is 5.56 Å². The van der Waals surface area contributed by atoms with Crippen LogP contribution in [0.3, 0.4) is 0 Å². The molecule has 0 aromatic heterocycles. The highest BCUT2D eigenvalue weighted by atomic mass is 32.2. The lowest BCUT2D eigenvalue weighted by atomic mass is 9.91. The standard InChI is InChI=1S/C13H19NO3S/c1-10-7-5-6-8-11(10)18(16,17)14-9-12(15)13(2,3)4/h5-8,14H,9H2,1-4H3. The maximum Gasteiger partial charge on any atom is 0.241 e. The smallest absolute Gasteiger partial charge is 0.241 e. The van der Waals surface area contributed by atoms with Crippen molar-refractivity contribution in [3.8, 4) is 0 Å². The van der Waals surface area contributed by atoms with Crippen LogP contribution in [0.15, 0.2) is 29.2 Å². The minimum Gasteiger partial charge on any atom is -0.298 e. The maximum absolute atomic E-state index is 12.0. The molecule has 0 bridgehead atoms. The van der Waals surface area contributed by atoms with Gasteiger partial charge in [0.25, 0.3) is 0 Å². The predicted octanol–water partition coefficient (Wildman–Crippen LogP) is 1.89. The number of Topliss-reactive ketones (excluding diaryl/α,β-unsaturated/α-hetero) is 1. The summed E-state index contributed by atoms with van der Waals surface area (Å²) in [6.07, 6.45) is 0. The van der Waals surface area contributed by atoms with E-state index in [9.17, 15) is 13.2 Å². The Labute approximate surface area is 108 Å². The van der Waals surface area contributed by atoms with Gasteiger partial charge < -0.3 is 0 Å². The summed E-state index contributed by atoms with van der Waals surface area (Å²) < 4.78 is 26.4. The number of hydrogen-bond donors (Lipinski definition) is 1. The Morgan fingerprint density at radius 2 is 1.78 bits per heavy atom. The lowest BCUT2D eigenvalue weighted by molar-refractivity contribution is -0.125. The zero-order chi connectivity index (χ0) is 14.0. The molecular formula is C13H19NO3S. The molecule has 0 amide bonds. The number of carbonyl (C=O) groups excluding carboxylic acids is 1. The first-order valence-corrected chi connectivity index (χ1v) is 7.21. The topological polar surface area (TPSA) is 63.2 Å². The molecule has 1 N–H and O–H groups in total. The van der Waals surface area contributed by atoms with Crippen molar-refractivity contribution in [3.63, 3.8) is 0 Å². The molecule has 0 radical (unpaired) electrons. The lowest BCUT2D eigenvalue weighted by Crippen LogP contribution is -2.35. The van der Waals surface area contributed by atoms with Crippen LogP contribution in [0.1, 0.15) is 26.3 Å². The zero-order valence-corrected chi connectivity index (χ0v) is 12.0. The minimum atomic E-state index is -3.62. The third-order valence-corrected chi connectivity index (χ3v) is 4.20. The van der Waals surface area contributed by atoms with Crippen molar-refractivity contribution in [2.24, 2.45) is 5.41 Å². The normalized spacial score (nSPS) is 12.4. The fourth-order valence-corrected chi connectivity index (χ4v) is 2.59. The molecular weight excluding hydrogens is 250 g/mol. The van der Waals surface area contributed by atoms with Gasteiger partial charge in [-0.25, -0.2) is 13.1 Å². The second-order valence-corrected chi connectivity index (χ2v) is 7.00. The average Bonchev–Trinajstić information content (AvgIpc) is 2.25. The van der Waals surface area contributed by atoms with Gasteiger partial charge >= 0.3 is 0 Å². The Morgan fingerprint density at radius 1 is 1.22 bits per heavy atom. The van der Waals surface area contributed by atoms with E-state index in [1.807, 2.05) is 0 Å². The summed E-state index contributed by atoms with van der Waals surface area (Å²) in [7, 11) is -3.62. The Kier molecular flexibility index (Phi) is 4.29. The van der Waals surface area contributed by atoms with Crippen molar-refractivity contribution in [1.82, 2.24) is 4.72 Å². The molecule has 0 aliphatic heterocycles. The lowest BCUT2D eigenvalue weighted by Gasteiger charge is -2.17. The second-order valence-electron chi connectivity index (χ2n) is 5.26. The molecule has 0 heterocycles. The van der Waals surface area contributed by atoms with Gasteiger partial charge in [0.05, 0.1) is 11.4 Å². The van der Waals surface area contributed by atoms with Crippen molar-refractivity contribution in [2.45, 2.75) is 32.6 Å². The van der Waals surface area contributed by atoms with Gasteiger partial charge in [0.15, 0.2) is 5.78 Å². The van der Waals surface area contributed by atoms with Gasteiger partial charge in [-0.2, -0.15) is 0 Å². The van der Waals surface area contributed by atoms with Crippen molar-refractivity contribution >= 4 is 15.8 Å². The van der Waals surface area contributed by atoms with E-state index < -0.39 is 15.4 Å². The van der Waals surface area contributed by atoms with Crippen LogP contribution in [0.5, 0.6) is 0 Å². The maximum atomic E-state index is 12.0. The van der Waals surface area contributed by atoms with Crippen LogP contribution in [0.4, 0.5) is 0 Å². The van der Waals surface area contributed by atoms with Crippen molar-refractivity contribution in [2.75, 3.05) is 6.54 Å². The fraction of sp³-hybridized carbons (Fsp3) is 0.462. The Hall–Kier alpha value is -1.20. The van der Waals surface area contributed by atoms with Gasteiger partial charge in [0.2, 0.25) is 10.0 Å². The van der Waals surface area contributed by atoms with Gasteiger partial charge in [0, 0.05) is 5.41 Å². The number of benzene rings is 1. The van der Waals surface area contributed by atoms with E-state index in [-0.39, 0.29) is 17.2 Å². The summed E-state index contributed by atoms with van der Waals surface area (Å²) in [6, 6.07) is 6.68. The molecule has 0 unspecified atom stereocenters. The first kappa shape index (κ1) is 14.9. The van der Waals surface area contributed by atoms with Gasteiger partial charge in [-0.1, -0.05) is 39.0 Å². The van der Waals surface area contributed by atoms with Crippen LogP contribution in [0.2, 0.25) is 0 Å². The van der Waals surface area contributed by atoms with Crippen LogP contribution in [0.25, 0.3) is 0 Å². The van der Waals surface area contributed by atoms with Crippen molar-refractivity contribution in [1.29, 1.82) is 0 Å². The number of aryl methyl sites for hydroxylation is 1. The Bertz CT molecular complexity index is 542. The number of ketones is 1. The average molecular weight is 269 g/mol. The van der Waals surface area contributed by atoms with E-state index >= 15 is 0 Å². The highest BCUT2D eigenvalue weighted by Gasteiger charge is 2.24. The highest BCUT2D eigenvalue weighted by Crippen LogP contribution is 2.16. The first-order chi connectivity index (χ1) is 8.14. The molecule has 5 heteroatoms. The van der Waals surface area contributed by atoms with Gasteiger partial charge in [0.1, 0.15) is 0 Å². The second kappa shape index (κ2) is 5.20. The van der Waals surface area contributed by atoms with Crippen LogP contribution in [0, 0.1) is 12.3 Å². The summed E-state index contributed by atoms with van der Waals surface area (Å²) in [5.74, 6) is -0.139. The molecule has 100 valence electrons. The highest BCUT2D eigenvalue weighted by molar-refractivity contribution is 7.89. The van der Waals surface area contributed by atoms with Crippen LogP contribution >= 0.6 is 0 Å². The molecule has 0 aliphatic carbocycles. The first-order valence-electron chi connectivity index (χ1n) is 5.73. The number of rotatable bonds is 4. The molecule has 4 nitrogen and oxygen atoms in total. The number of hydrogen-bond acceptors (Lipinski definition) is 3. The molecule has 0 fully saturated rings. The summed E-state index contributed by atoms with van der Waals surface area (Å²) in [5, 5.41) is 0. The van der Waals surface area contributed by atoms with Crippen LogP contribution in [-0.2, 0) is 14.8 Å². The quantitative estimate of drug-likeness (QED) is 0.908. The van der Waals surface area contributed by atoms with E-state index in [0.717, 1.165) is 0 Å². The zero-order valence-electron chi connectivity index (χ0n) is 11.1. The summed E-state index contributed by atoms with van der Waals surface area (Å²) >= 11 is 0. The molecule has 1 aromatic carbocycles. The Morgan fingerprint density at radius 3 is 2.28 bits per heavy atom. The molecule has 0 atom stereocenters. The molecule has 0 saturated carbocycles. The molecule has 0 saturated heterocycles. The van der Waals surface area contributed by atoms with Crippen LogP contribution < -0.4 is 4.72 Å². The summed E-state index contributed by atoms with van der Waals surface area (Å²) in [4.78, 5) is 11.9. The number of nitrogens with one attached hydrogen (secondary N) is 1. The number of sulfonamides is 1. The summed E-state index contributed by atoms with van der Waals surface area (Å²) in [5.41, 5.74) is 0.113. The van der Waals surface area contributed by atoms with E-state index in [2.05, 4.69) is 4.72 Å². The van der Waals surface area contributed by atoms with Crippen molar-refractivity contribution in [3.05, 3.63) is 29.8 Å². The molecule has 0 spiro atoms. The third-order valence-electron chi connectivity index (χ3n) is 2.64. The molecule has 1 rings (SSSR count). The largest absolute Gasteiger partial charge is 0.298 e. The van der Waals surface area contributed by atoms with E-state index in [4.69, 9.17) is 0 Å². The SMILES string of the molecule is Cc1ccccc1S(=O)(=O)NCC(=O)C(C)(C)C. The predicted molar refractivity (Wildman–Crippen MR) is 70.8 cm³/mol. The van der Waals surface area contributed by atoms with Crippen molar-refractivity contribution < 1.29 is 13.2 Å². The number of carbonyl (C=O) groups is 1. The monoisotopic (exact) mass is 269 g/mol. The third kappa shape index (κ3) is 3.65. The van der Waals surface area contributed by atoms with Crippen LogP contribution in [-0.4, -0.2) is 20.7 Å². The molecule has 1 aromatic rings. The fourth-order valence-electron chi connectivity index (χ4n) is 1.36. The minimum absolute atomic E-state index is 0.139. The Balaban J connectivity index is 2.85. The van der Waals surface area contributed by atoms with Gasteiger partial charge in [-0.3, -0.25) is 4.79 Å².